The molecule has 0 unspecified atom stereocenters. The molecule has 18 aromatic carbocycles. The van der Waals surface area contributed by atoms with Crippen molar-refractivity contribution < 1.29 is 4.42 Å². The number of anilines is 3. The van der Waals surface area contributed by atoms with Crippen LogP contribution in [0, 0.1) is 0 Å². The van der Waals surface area contributed by atoms with Crippen LogP contribution in [-0.2, 0) is 17.3 Å². The zero-order valence-corrected chi connectivity index (χ0v) is 67.5. The summed E-state index contributed by atoms with van der Waals surface area (Å²) in [5, 5.41) is 14.8. The Bertz CT molecular complexity index is 8310. The highest BCUT2D eigenvalue weighted by Crippen LogP contribution is 2.56. The highest BCUT2D eigenvalue weighted by atomic mass is 16.3. The number of rotatable bonds is 11. The maximum Gasteiger partial charge on any atom is 0.235 e. The van der Waals surface area contributed by atoms with Crippen LogP contribution in [0.25, 0.3) is 204 Å². The van der Waals surface area contributed by atoms with Gasteiger partial charge in [0.2, 0.25) is 5.95 Å². The van der Waals surface area contributed by atoms with E-state index < -0.39 is 0 Å². The molecule has 0 fully saturated rings. The van der Waals surface area contributed by atoms with Crippen molar-refractivity contribution in [1.82, 2.24) is 23.7 Å². The minimum atomic E-state index is -0.280. The quantitative estimate of drug-likeness (QED) is 0.129. The van der Waals surface area contributed by atoms with Gasteiger partial charge in [-0.2, -0.15) is 0 Å². The molecule has 0 spiro atoms. The molecule has 7 heteroatoms. The lowest BCUT2D eigenvalue weighted by Gasteiger charge is -2.29. The first kappa shape index (κ1) is 69.0. The first-order valence-corrected chi connectivity index (χ1v) is 42.2. The van der Waals surface area contributed by atoms with E-state index in [9.17, 15) is 0 Å². The number of hydrogen-bond donors (Lipinski definition) is 0. The second-order valence-corrected chi connectivity index (χ2v) is 34.2. The Kier molecular flexibility index (Phi) is 14.8. The molecule has 0 aliphatic heterocycles. The molecule has 0 bridgehead atoms. The normalized spacial score (nSPS) is 13.3. The lowest BCUT2D eigenvalue weighted by atomic mass is 9.82. The summed E-state index contributed by atoms with van der Waals surface area (Å²) >= 11 is 0. The first-order chi connectivity index (χ1) is 59.5. The summed E-state index contributed by atoms with van der Waals surface area (Å²) in [6, 6.07) is 137. The van der Waals surface area contributed by atoms with Crippen LogP contribution in [0.3, 0.4) is 0 Å². The van der Waals surface area contributed by atoms with Crippen molar-refractivity contribution in [3.8, 4) is 84.2 Å². The van der Waals surface area contributed by atoms with Crippen molar-refractivity contribution in [3.05, 3.63) is 398 Å². The van der Waals surface area contributed by atoms with E-state index in [4.69, 9.17) is 14.4 Å². The summed E-state index contributed by atoms with van der Waals surface area (Å²) in [6.45, 7) is 11.8. The molecule has 0 N–H and O–H groups in total. The topological polar surface area (TPSA) is 57.0 Å². The van der Waals surface area contributed by atoms with Crippen molar-refractivity contribution in [2.24, 2.45) is 0 Å². The number of para-hydroxylation sites is 4. The maximum atomic E-state index is 7.52. The summed E-state index contributed by atoms with van der Waals surface area (Å²) in [4.78, 5) is 14.2. The minimum absolute atomic E-state index is 0.203. The van der Waals surface area contributed by atoms with Gasteiger partial charge in [0.1, 0.15) is 11.2 Å². The Labute approximate surface area is 699 Å². The lowest BCUT2D eigenvalue weighted by molar-refractivity contribution is 0.661. The van der Waals surface area contributed by atoms with E-state index >= 15 is 0 Å². The molecule has 25 rings (SSSR count). The third kappa shape index (κ3) is 10.1. The fourth-order valence-electron chi connectivity index (χ4n) is 21.1. The fraction of sp³-hybridized carbons (Fsp3) is 0.0702. The lowest BCUT2D eigenvalue weighted by Crippen LogP contribution is -2.15. The molecule has 0 saturated carbocycles. The number of aryl methyl sites for hydroxylation is 1. The Morgan fingerprint density at radius 3 is 1.45 bits per heavy atom. The number of furan rings is 1. The molecule has 2 aliphatic rings. The van der Waals surface area contributed by atoms with Gasteiger partial charge >= 0.3 is 0 Å². The average Bonchev–Trinajstić information content (AvgIpc) is 1.54. The third-order valence-electron chi connectivity index (χ3n) is 27.0. The van der Waals surface area contributed by atoms with Gasteiger partial charge in [-0.1, -0.05) is 289 Å². The standard InChI is InChI=1S/C114H78N6O/c1-6-68-48-53-76(54-49-68)118-101-64-96-90(78-32-17-22-43-94(78)113(96,2)3)62-92(101)108-85-38-15-13-36-82(85)103(66-105(108)118)117(75-55-50-71(51-56-75)69-28-9-7-10-29-69)77-59-73(70-30-11-8-12-31-70)58-74(60-77)72-52-57-84-87-41-27-42-89(111(87)121-107(84)61-72)110-88-40-19-24-45-98(88)115-112(116-110)120-102-65-97-91(79-33-18-23-44-95(79)114(97,4)5)63-93(102)109-86-39-16-14-37-83(86)104(67-106(109)120)119-99-46-25-20-34-80(99)81-35-21-26-47-100(81)119/h7-67H,6H2,1-5H3. The monoisotopic (exact) mass is 1550 g/mol. The number of nitrogens with zero attached hydrogens (tertiary/aromatic N) is 6. The molecule has 570 valence electrons. The molecule has 5 heterocycles. The minimum Gasteiger partial charge on any atom is -0.455 e. The van der Waals surface area contributed by atoms with E-state index in [1.807, 2.05) is 0 Å². The van der Waals surface area contributed by atoms with E-state index in [0.29, 0.717) is 5.95 Å². The van der Waals surface area contributed by atoms with Gasteiger partial charge < -0.3 is 18.5 Å². The summed E-state index contributed by atoms with van der Waals surface area (Å²) in [5.74, 6) is 0.576. The Morgan fingerprint density at radius 1 is 0.298 bits per heavy atom. The van der Waals surface area contributed by atoms with Gasteiger partial charge in [0.15, 0.2) is 0 Å². The average molecular weight is 1550 g/mol. The largest absolute Gasteiger partial charge is 0.455 e. The Morgan fingerprint density at radius 2 is 0.802 bits per heavy atom. The smallest absolute Gasteiger partial charge is 0.235 e. The molecule has 7 nitrogen and oxygen atoms in total. The summed E-state index contributed by atoms with van der Waals surface area (Å²) < 4.78 is 14.9. The molecule has 2 aliphatic carbocycles. The van der Waals surface area contributed by atoms with Gasteiger partial charge in [-0.3, -0.25) is 4.57 Å². The van der Waals surface area contributed by atoms with Crippen molar-refractivity contribution in [2.45, 2.75) is 51.9 Å². The number of fused-ring (bicyclic) bond motifs is 23. The van der Waals surface area contributed by atoms with E-state index in [-0.39, 0.29) is 10.8 Å². The molecule has 23 aromatic rings. The number of benzene rings is 18. The highest BCUT2D eigenvalue weighted by molar-refractivity contribution is 6.27. The van der Waals surface area contributed by atoms with Gasteiger partial charge in [-0.25, -0.2) is 9.97 Å². The zero-order chi connectivity index (χ0) is 80.3. The maximum absolute atomic E-state index is 7.52. The summed E-state index contributed by atoms with van der Waals surface area (Å²) in [6.07, 6.45) is 0.954. The molecule has 0 radical (unpaired) electrons. The van der Waals surface area contributed by atoms with Crippen LogP contribution in [0.4, 0.5) is 17.1 Å². The Hall–Kier alpha value is -15.2. The van der Waals surface area contributed by atoms with Crippen LogP contribution in [0.15, 0.2) is 374 Å². The number of aromatic nitrogens is 5. The zero-order valence-electron chi connectivity index (χ0n) is 67.5. The van der Waals surface area contributed by atoms with Crippen molar-refractivity contribution >= 4 is 137 Å². The van der Waals surface area contributed by atoms with Crippen molar-refractivity contribution in [2.75, 3.05) is 4.90 Å². The SMILES string of the molecule is CCc1ccc(-n2c3cc4c(cc3c3c5ccccc5c(N(c5ccc(-c6ccccc6)cc5)c5cc(-c6ccccc6)cc(-c6ccc7c(c6)oc6c(-c8nc(-n9c%10cc%11c(cc%10c%10c%12ccccc%12c(-n%12c%13ccccc%13c%13ccccc%13%12)cc%109)-c9ccccc9C%11(C)C)nc9ccccc89)cccc67)c5)cc32)-c2ccccc2C4(C)C)cc1. The summed E-state index contributed by atoms with van der Waals surface area (Å²) in [7, 11) is 0. The van der Waals surface area contributed by atoms with Gasteiger partial charge in [0, 0.05) is 92.7 Å². The van der Waals surface area contributed by atoms with Crippen molar-refractivity contribution in [3.63, 3.8) is 0 Å². The van der Waals surface area contributed by atoms with Crippen LogP contribution in [0.1, 0.15) is 62.4 Å². The predicted octanol–water partition coefficient (Wildman–Crippen LogP) is 30.4. The fourth-order valence-corrected chi connectivity index (χ4v) is 21.1. The second kappa shape index (κ2) is 25.9. The van der Waals surface area contributed by atoms with Gasteiger partial charge in [0.25, 0.3) is 0 Å². The van der Waals surface area contributed by atoms with Gasteiger partial charge in [-0.15, -0.1) is 0 Å². The molecule has 5 aromatic heterocycles. The number of hydrogen-bond acceptors (Lipinski definition) is 4. The van der Waals surface area contributed by atoms with Gasteiger partial charge in [-0.05, 0) is 216 Å². The molecule has 0 saturated heterocycles. The third-order valence-corrected chi connectivity index (χ3v) is 27.0. The highest BCUT2D eigenvalue weighted by Gasteiger charge is 2.39. The molecular formula is C114H78N6O. The molecule has 121 heavy (non-hydrogen) atoms. The van der Waals surface area contributed by atoms with Gasteiger partial charge in [0.05, 0.1) is 55.7 Å². The first-order valence-electron chi connectivity index (χ1n) is 42.2. The van der Waals surface area contributed by atoms with Crippen LogP contribution in [0.2, 0.25) is 0 Å². The summed E-state index contributed by atoms with van der Waals surface area (Å²) in [5.41, 5.74) is 33.9. The van der Waals surface area contributed by atoms with E-state index in [0.717, 1.165) is 161 Å². The van der Waals surface area contributed by atoms with E-state index in [1.54, 1.807) is 0 Å². The van der Waals surface area contributed by atoms with Crippen LogP contribution < -0.4 is 4.90 Å². The van der Waals surface area contributed by atoms with Crippen LogP contribution in [-0.4, -0.2) is 23.7 Å². The molecular weight excluding hydrogens is 1470 g/mol. The van der Waals surface area contributed by atoms with E-state index in [2.05, 4.69) is 423 Å². The van der Waals surface area contributed by atoms with Crippen LogP contribution in [0.5, 0.6) is 0 Å². The predicted molar refractivity (Wildman–Crippen MR) is 506 cm³/mol. The molecule has 0 amide bonds. The van der Waals surface area contributed by atoms with E-state index in [1.165, 1.54) is 88.1 Å². The molecule has 0 atom stereocenters. The second-order valence-electron chi connectivity index (χ2n) is 34.2. The van der Waals surface area contributed by atoms with Crippen LogP contribution >= 0.6 is 0 Å². The van der Waals surface area contributed by atoms with Crippen molar-refractivity contribution in [1.29, 1.82) is 0 Å². The Balaban J connectivity index is 0.696.